The maximum atomic E-state index is 13.6. The fraction of sp³-hybridized carbons (Fsp3) is 0.0455. The van der Waals surface area contributed by atoms with Gasteiger partial charge in [-0.15, -0.1) is 11.3 Å². The second-order valence-electron chi connectivity index (χ2n) is 6.44. The lowest BCUT2D eigenvalue weighted by Gasteiger charge is -2.05. The van der Waals surface area contributed by atoms with Crippen LogP contribution >= 0.6 is 23.1 Å². The second-order valence-corrected chi connectivity index (χ2v) is 8.70. The SMILES string of the molecule is O=C(CSc1nc2ccc(NC(=O)c3cccc(F)c3)cc2s1)Nc1ccccc1F. The Morgan fingerprint density at radius 2 is 1.81 bits per heavy atom. The predicted molar refractivity (Wildman–Crippen MR) is 120 cm³/mol. The third-order valence-electron chi connectivity index (χ3n) is 4.19. The number of rotatable bonds is 6. The van der Waals surface area contributed by atoms with Gasteiger partial charge in [0.2, 0.25) is 5.91 Å². The first-order valence-electron chi connectivity index (χ1n) is 9.12. The maximum absolute atomic E-state index is 13.6. The molecule has 0 aliphatic carbocycles. The van der Waals surface area contributed by atoms with Gasteiger partial charge in [0.1, 0.15) is 11.6 Å². The van der Waals surface area contributed by atoms with Gasteiger partial charge in [0.15, 0.2) is 4.34 Å². The Kier molecular flexibility index (Phi) is 6.24. The van der Waals surface area contributed by atoms with Crippen molar-refractivity contribution in [3.05, 3.63) is 83.9 Å². The largest absolute Gasteiger partial charge is 0.323 e. The summed E-state index contributed by atoms with van der Waals surface area (Å²) < 4.78 is 28.4. The van der Waals surface area contributed by atoms with Gasteiger partial charge in [-0.25, -0.2) is 13.8 Å². The quantitative estimate of drug-likeness (QED) is 0.374. The molecular formula is C22H15F2N3O2S2. The topological polar surface area (TPSA) is 71.1 Å². The minimum atomic E-state index is -0.492. The van der Waals surface area contributed by atoms with E-state index in [1.54, 1.807) is 30.3 Å². The van der Waals surface area contributed by atoms with Gasteiger partial charge < -0.3 is 10.6 Å². The molecule has 1 aromatic heterocycles. The maximum Gasteiger partial charge on any atom is 0.255 e. The number of halogens is 2. The number of aromatic nitrogens is 1. The van der Waals surface area contributed by atoms with Crippen molar-refractivity contribution in [1.82, 2.24) is 4.98 Å². The Morgan fingerprint density at radius 1 is 0.968 bits per heavy atom. The number of carbonyl (C=O) groups excluding carboxylic acids is 2. The van der Waals surface area contributed by atoms with Crippen molar-refractivity contribution in [3.63, 3.8) is 0 Å². The average Bonchev–Trinajstić information content (AvgIpc) is 3.16. The van der Waals surface area contributed by atoms with Gasteiger partial charge in [-0.3, -0.25) is 9.59 Å². The lowest BCUT2D eigenvalue weighted by molar-refractivity contribution is -0.113. The number of carbonyl (C=O) groups is 2. The summed E-state index contributed by atoms with van der Waals surface area (Å²) in [5.41, 5.74) is 1.64. The zero-order valence-corrected chi connectivity index (χ0v) is 17.5. The zero-order chi connectivity index (χ0) is 21.8. The van der Waals surface area contributed by atoms with E-state index in [-0.39, 0.29) is 22.9 Å². The molecule has 0 aliphatic heterocycles. The molecular weight excluding hydrogens is 440 g/mol. The molecule has 0 bridgehead atoms. The predicted octanol–water partition coefficient (Wildman–Crippen LogP) is 5.56. The molecule has 9 heteroatoms. The molecule has 0 aliphatic rings. The molecule has 1 heterocycles. The highest BCUT2D eigenvalue weighted by Crippen LogP contribution is 2.31. The Bertz CT molecular complexity index is 1280. The third kappa shape index (κ3) is 5.25. The molecule has 0 saturated carbocycles. The third-order valence-corrected chi connectivity index (χ3v) is 6.35. The van der Waals surface area contributed by atoms with Crippen LogP contribution in [-0.2, 0) is 4.79 Å². The van der Waals surface area contributed by atoms with Gasteiger partial charge in [-0.2, -0.15) is 0 Å². The van der Waals surface area contributed by atoms with Crippen LogP contribution in [-0.4, -0.2) is 22.6 Å². The van der Waals surface area contributed by atoms with Gasteiger partial charge in [0.25, 0.3) is 5.91 Å². The van der Waals surface area contributed by atoms with E-state index >= 15 is 0 Å². The van der Waals surface area contributed by atoms with Crippen molar-refractivity contribution in [1.29, 1.82) is 0 Å². The number of hydrogen-bond acceptors (Lipinski definition) is 5. The van der Waals surface area contributed by atoms with E-state index < -0.39 is 17.5 Å². The second kappa shape index (κ2) is 9.23. The van der Waals surface area contributed by atoms with E-state index in [4.69, 9.17) is 0 Å². The van der Waals surface area contributed by atoms with Gasteiger partial charge in [0, 0.05) is 11.3 Å². The van der Waals surface area contributed by atoms with Gasteiger partial charge in [-0.05, 0) is 48.5 Å². The van der Waals surface area contributed by atoms with Crippen LogP contribution in [0.2, 0.25) is 0 Å². The van der Waals surface area contributed by atoms with Crippen molar-refractivity contribution in [2.75, 3.05) is 16.4 Å². The minimum Gasteiger partial charge on any atom is -0.323 e. The van der Waals surface area contributed by atoms with Crippen LogP contribution in [0.4, 0.5) is 20.2 Å². The van der Waals surface area contributed by atoms with E-state index in [1.165, 1.54) is 59.5 Å². The van der Waals surface area contributed by atoms with Crippen molar-refractivity contribution in [2.24, 2.45) is 0 Å². The van der Waals surface area contributed by atoms with E-state index in [0.29, 0.717) is 10.0 Å². The zero-order valence-electron chi connectivity index (χ0n) is 15.9. The Morgan fingerprint density at radius 3 is 2.61 bits per heavy atom. The number of para-hydroxylation sites is 1. The first-order chi connectivity index (χ1) is 15.0. The van der Waals surface area contributed by atoms with Crippen LogP contribution in [0.25, 0.3) is 10.2 Å². The minimum absolute atomic E-state index is 0.0807. The number of nitrogens with one attached hydrogen (secondary N) is 2. The molecule has 31 heavy (non-hydrogen) atoms. The Balaban J connectivity index is 1.40. The Hall–Kier alpha value is -3.30. The van der Waals surface area contributed by atoms with Crippen molar-refractivity contribution in [2.45, 2.75) is 4.34 Å². The molecule has 0 saturated heterocycles. The lowest BCUT2D eigenvalue weighted by Crippen LogP contribution is -2.14. The first-order valence-corrected chi connectivity index (χ1v) is 10.9. The van der Waals surface area contributed by atoms with Gasteiger partial charge >= 0.3 is 0 Å². The number of amides is 2. The number of benzene rings is 3. The molecule has 0 spiro atoms. The van der Waals surface area contributed by atoms with Crippen LogP contribution in [0.3, 0.4) is 0 Å². The van der Waals surface area contributed by atoms with Crippen LogP contribution in [0, 0.1) is 11.6 Å². The van der Waals surface area contributed by atoms with E-state index in [9.17, 15) is 18.4 Å². The summed E-state index contributed by atoms with van der Waals surface area (Å²) in [6.45, 7) is 0. The Labute approximate surface area is 184 Å². The smallest absolute Gasteiger partial charge is 0.255 e. The van der Waals surface area contributed by atoms with E-state index in [1.807, 2.05) is 0 Å². The van der Waals surface area contributed by atoms with Crippen LogP contribution in [0.15, 0.2) is 71.1 Å². The molecule has 0 fully saturated rings. The molecule has 2 amide bonds. The molecule has 156 valence electrons. The summed E-state index contributed by atoms with van der Waals surface area (Å²) in [6.07, 6.45) is 0. The number of anilines is 2. The van der Waals surface area contributed by atoms with Crippen LogP contribution < -0.4 is 10.6 Å². The fourth-order valence-corrected chi connectivity index (χ4v) is 4.66. The van der Waals surface area contributed by atoms with E-state index in [2.05, 4.69) is 15.6 Å². The monoisotopic (exact) mass is 455 g/mol. The number of nitrogens with zero attached hydrogens (tertiary/aromatic N) is 1. The molecule has 2 N–H and O–H groups in total. The van der Waals surface area contributed by atoms with Crippen molar-refractivity contribution >= 4 is 56.5 Å². The van der Waals surface area contributed by atoms with Gasteiger partial charge in [-0.1, -0.05) is 30.0 Å². The number of thiazole rings is 1. The number of thioether (sulfide) groups is 1. The first kappa shape index (κ1) is 21.0. The molecule has 3 aromatic carbocycles. The number of hydrogen-bond donors (Lipinski definition) is 2. The van der Waals surface area contributed by atoms with Gasteiger partial charge in [0.05, 0.1) is 21.7 Å². The highest BCUT2D eigenvalue weighted by Gasteiger charge is 2.12. The highest BCUT2D eigenvalue weighted by atomic mass is 32.2. The summed E-state index contributed by atoms with van der Waals surface area (Å²) in [5, 5.41) is 5.27. The van der Waals surface area contributed by atoms with Crippen molar-refractivity contribution in [3.8, 4) is 0 Å². The highest BCUT2D eigenvalue weighted by molar-refractivity contribution is 8.01. The summed E-state index contributed by atoms with van der Waals surface area (Å²) in [4.78, 5) is 28.8. The normalized spacial score (nSPS) is 10.8. The average molecular weight is 456 g/mol. The van der Waals surface area contributed by atoms with Crippen LogP contribution in [0.1, 0.15) is 10.4 Å². The molecule has 4 rings (SSSR count). The molecule has 0 atom stereocenters. The lowest BCUT2D eigenvalue weighted by atomic mass is 10.2. The molecule has 4 aromatic rings. The molecule has 5 nitrogen and oxygen atoms in total. The molecule has 0 radical (unpaired) electrons. The summed E-state index contributed by atoms with van der Waals surface area (Å²) in [6, 6.07) is 16.7. The summed E-state index contributed by atoms with van der Waals surface area (Å²) in [5.74, 6) is -1.64. The van der Waals surface area contributed by atoms with Crippen molar-refractivity contribution < 1.29 is 18.4 Å². The fourth-order valence-electron chi connectivity index (χ4n) is 2.75. The molecule has 0 unspecified atom stereocenters. The number of fused-ring (bicyclic) bond motifs is 1. The summed E-state index contributed by atoms with van der Waals surface area (Å²) in [7, 11) is 0. The van der Waals surface area contributed by atoms with Crippen LogP contribution in [0.5, 0.6) is 0 Å². The summed E-state index contributed by atoms with van der Waals surface area (Å²) >= 11 is 2.62. The standard InChI is InChI=1S/C22H15F2N3O2S2/c23-14-5-3-4-13(10-14)21(29)25-15-8-9-18-19(11-15)31-22(27-18)30-12-20(28)26-17-7-2-1-6-16(17)24/h1-11H,12H2,(H,25,29)(H,26,28). The van der Waals surface area contributed by atoms with E-state index in [0.717, 1.165) is 10.2 Å².